The Balaban J connectivity index is 1.88. The minimum Gasteiger partial charge on any atom is -0.382 e. The molecule has 21 heavy (non-hydrogen) atoms. The Bertz CT molecular complexity index is 758. The number of H-pyrrole nitrogens is 1. The number of nitrogens with two attached hydrogens (primary N) is 1. The molecule has 0 aliphatic heterocycles. The van der Waals surface area contributed by atoms with Crippen molar-refractivity contribution >= 4 is 5.82 Å². The highest BCUT2D eigenvalue weighted by Crippen LogP contribution is 2.55. The van der Waals surface area contributed by atoms with E-state index >= 15 is 0 Å². The number of nitrogens with zero attached hydrogens (tertiary/aromatic N) is 2. The van der Waals surface area contributed by atoms with E-state index in [1.165, 1.54) is 5.56 Å². The number of anilines is 1. The van der Waals surface area contributed by atoms with Gasteiger partial charge in [0.25, 0.3) is 0 Å². The van der Waals surface area contributed by atoms with Crippen LogP contribution >= 0.6 is 0 Å². The highest BCUT2D eigenvalue weighted by molar-refractivity contribution is 5.78. The van der Waals surface area contributed by atoms with Crippen LogP contribution in [-0.4, -0.2) is 15.2 Å². The van der Waals surface area contributed by atoms with Crippen LogP contribution < -0.4 is 5.73 Å². The van der Waals surface area contributed by atoms with E-state index < -0.39 is 0 Å². The van der Waals surface area contributed by atoms with Crippen LogP contribution in [0.25, 0.3) is 11.1 Å². The second-order valence-corrected chi connectivity index (χ2v) is 5.55. The summed E-state index contributed by atoms with van der Waals surface area (Å²) in [5.74, 6) is 0.542. The molecular formula is C17H16N4. The van der Waals surface area contributed by atoms with Crippen molar-refractivity contribution in [1.29, 1.82) is 0 Å². The Hall–Kier alpha value is -2.62. The van der Waals surface area contributed by atoms with E-state index in [0.717, 1.165) is 29.7 Å². The SMILES string of the molecule is Nc1n[nH]c(C2(c3ccccc3)CC2)c1-c1cccnc1. The third-order valence-corrected chi connectivity index (χ3v) is 4.30. The summed E-state index contributed by atoms with van der Waals surface area (Å²) in [5.41, 5.74) is 10.6. The van der Waals surface area contributed by atoms with Crippen LogP contribution in [0.4, 0.5) is 5.82 Å². The average molecular weight is 276 g/mol. The van der Waals surface area contributed by atoms with Crippen molar-refractivity contribution < 1.29 is 0 Å². The molecule has 3 N–H and O–H groups in total. The number of hydrogen-bond acceptors (Lipinski definition) is 3. The molecule has 0 radical (unpaired) electrons. The molecule has 0 saturated heterocycles. The summed E-state index contributed by atoms with van der Waals surface area (Å²) in [7, 11) is 0. The van der Waals surface area contributed by atoms with Crippen LogP contribution in [0.15, 0.2) is 54.9 Å². The van der Waals surface area contributed by atoms with Gasteiger partial charge in [-0.1, -0.05) is 36.4 Å². The lowest BCUT2D eigenvalue weighted by Crippen LogP contribution is -2.10. The number of hydrogen-bond donors (Lipinski definition) is 2. The monoisotopic (exact) mass is 276 g/mol. The van der Waals surface area contributed by atoms with Gasteiger partial charge >= 0.3 is 0 Å². The molecule has 1 aliphatic rings. The molecule has 1 aromatic carbocycles. The zero-order chi connectivity index (χ0) is 14.3. The number of nitrogens with one attached hydrogen (secondary N) is 1. The van der Waals surface area contributed by atoms with Crippen molar-refractivity contribution in [3.05, 3.63) is 66.1 Å². The number of aromatic nitrogens is 3. The molecule has 0 atom stereocenters. The molecule has 4 heteroatoms. The molecule has 0 amide bonds. The fraction of sp³-hybridized carbons (Fsp3) is 0.176. The quantitative estimate of drug-likeness (QED) is 0.772. The molecule has 3 aromatic rings. The fourth-order valence-corrected chi connectivity index (χ4v) is 3.07. The molecule has 1 fully saturated rings. The van der Waals surface area contributed by atoms with Gasteiger partial charge in [0.15, 0.2) is 5.82 Å². The summed E-state index contributed by atoms with van der Waals surface area (Å²) < 4.78 is 0. The Kier molecular flexibility index (Phi) is 2.57. The molecule has 4 rings (SSSR count). The first-order valence-corrected chi connectivity index (χ1v) is 7.11. The van der Waals surface area contributed by atoms with Crippen molar-refractivity contribution in [3.8, 4) is 11.1 Å². The van der Waals surface area contributed by atoms with Crippen molar-refractivity contribution in [1.82, 2.24) is 15.2 Å². The fourth-order valence-electron chi connectivity index (χ4n) is 3.07. The molecular weight excluding hydrogens is 260 g/mol. The van der Waals surface area contributed by atoms with Crippen molar-refractivity contribution in [3.63, 3.8) is 0 Å². The van der Waals surface area contributed by atoms with Crippen LogP contribution in [0.3, 0.4) is 0 Å². The van der Waals surface area contributed by atoms with E-state index in [-0.39, 0.29) is 5.41 Å². The van der Waals surface area contributed by atoms with Gasteiger partial charge in [-0.05, 0) is 24.5 Å². The van der Waals surface area contributed by atoms with Crippen LogP contribution in [0.2, 0.25) is 0 Å². The Labute approximate surface area is 123 Å². The summed E-state index contributed by atoms with van der Waals surface area (Å²) in [6, 6.07) is 14.5. The maximum absolute atomic E-state index is 6.11. The van der Waals surface area contributed by atoms with Crippen LogP contribution in [0.5, 0.6) is 0 Å². The maximum Gasteiger partial charge on any atom is 0.153 e. The molecule has 2 aromatic heterocycles. The van der Waals surface area contributed by atoms with Crippen LogP contribution in [0, 0.1) is 0 Å². The standard InChI is InChI=1S/C17H16N4/c18-16-14(12-5-4-10-19-11-12)15(20-21-16)17(8-9-17)13-6-2-1-3-7-13/h1-7,10-11H,8-9H2,(H3,18,20,21). The second-order valence-electron chi connectivity index (χ2n) is 5.55. The van der Waals surface area contributed by atoms with Gasteiger partial charge in [0.2, 0.25) is 0 Å². The van der Waals surface area contributed by atoms with Gasteiger partial charge in [-0.2, -0.15) is 5.10 Å². The van der Waals surface area contributed by atoms with Gasteiger partial charge in [0.1, 0.15) is 0 Å². The average Bonchev–Trinajstić information content (AvgIpc) is 3.26. The number of rotatable bonds is 3. The normalized spacial score (nSPS) is 15.8. The van der Waals surface area contributed by atoms with Crippen molar-refractivity contribution in [2.75, 3.05) is 5.73 Å². The van der Waals surface area contributed by atoms with Gasteiger partial charge in [0.05, 0.1) is 5.69 Å². The number of aromatic amines is 1. The summed E-state index contributed by atoms with van der Waals surface area (Å²) in [5, 5.41) is 7.42. The van der Waals surface area contributed by atoms with Crippen LogP contribution in [0.1, 0.15) is 24.1 Å². The van der Waals surface area contributed by atoms with E-state index in [4.69, 9.17) is 5.73 Å². The topological polar surface area (TPSA) is 67.6 Å². The number of nitrogen functional groups attached to an aromatic ring is 1. The number of pyridine rings is 1. The summed E-state index contributed by atoms with van der Waals surface area (Å²) in [6.07, 6.45) is 5.84. The summed E-state index contributed by atoms with van der Waals surface area (Å²) in [6.45, 7) is 0. The lowest BCUT2D eigenvalue weighted by atomic mass is 9.88. The molecule has 0 bridgehead atoms. The second kappa shape index (κ2) is 4.45. The van der Waals surface area contributed by atoms with Crippen molar-refractivity contribution in [2.24, 2.45) is 0 Å². The predicted octanol–water partition coefficient (Wildman–Crippen LogP) is 3.13. The lowest BCUT2D eigenvalue weighted by Gasteiger charge is -2.16. The first-order valence-electron chi connectivity index (χ1n) is 7.11. The van der Waals surface area contributed by atoms with Gasteiger partial charge < -0.3 is 5.73 Å². The minimum atomic E-state index is 0.0249. The maximum atomic E-state index is 6.11. The van der Waals surface area contributed by atoms with E-state index in [0.29, 0.717) is 5.82 Å². The summed E-state index contributed by atoms with van der Waals surface area (Å²) in [4.78, 5) is 4.20. The smallest absolute Gasteiger partial charge is 0.153 e. The third kappa shape index (κ3) is 1.83. The largest absolute Gasteiger partial charge is 0.382 e. The zero-order valence-corrected chi connectivity index (χ0v) is 11.6. The third-order valence-electron chi connectivity index (χ3n) is 4.30. The molecule has 4 nitrogen and oxygen atoms in total. The molecule has 1 saturated carbocycles. The molecule has 0 unspecified atom stereocenters. The van der Waals surface area contributed by atoms with E-state index in [1.807, 2.05) is 24.4 Å². The zero-order valence-electron chi connectivity index (χ0n) is 11.6. The number of benzene rings is 1. The lowest BCUT2D eigenvalue weighted by molar-refractivity contribution is 0.794. The molecule has 104 valence electrons. The highest BCUT2D eigenvalue weighted by Gasteiger charge is 2.49. The van der Waals surface area contributed by atoms with Gasteiger partial charge in [-0.15, -0.1) is 0 Å². The minimum absolute atomic E-state index is 0.0249. The Morgan fingerprint density at radius 2 is 1.86 bits per heavy atom. The predicted molar refractivity (Wildman–Crippen MR) is 82.7 cm³/mol. The van der Waals surface area contributed by atoms with Gasteiger partial charge in [-0.3, -0.25) is 10.1 Å². The Morgan fingerprint density at radius 3 is 2.52 bits per heavy atom. The van der Waals surface area contributed by atoms with Crippen LogP contribution in [-0.2, 0) is 5.41 Å². The first-order chi connectivity index (χ1) is 10.3. The van der Waals surface area contributed by atoms with E-state index in [2.05, 4.69) is 39.4 Å². The van der Waals surface area contributed by atoms with E-state index in [1.54, 1.807) is 6.20 Å². The first kappa shape index (κ1) is 12.1. The molecule has 0 spiro atoms. The molecule has 1 aliphatic carbocycles. The Morgan fingerprint density at radius 1 is 1.05 bits per heavy atom. The van der Waals surface area contributed by atoms with E-state index in [9.17, 15) is 0 Å². The summed E-state index contributed by atoms with van der Waals surface area (Å²) >= 11 is 0. The molecule has 2 heterocycles. The van der Waals surface area contributed by atoms with Gasteiger partial charge in [0, 0.05) is 28.9 Å². The highest BCUT2D eigenvalue weighted by atomic mass is 15.2. The van der Waals surface area contributed by atoms with Gasteiger partial charge in [-0.25, -0.2) is 0 Å². The van der Waals surface area contributed by atoms with Crippen molar-refractivity contribution in [2.45, 2.75) is 18.3 Å².